The normalized spacial score (nSPS) is 14.0. The molecule has 5 nitrogen and oxygen atoms in total. The van der Waals surface area contributed by atoms with Gasteiger partial charge in [0.2, 0.25) is 0 Å². The number of hydrogen-bond acceptors (Lipinski definition) is 4. The lowest BCUT2D eigenvalue weighted by Crippen LogP contribution is -2.28. The molecule has 2 aromatic rings. The van der Waals surface area contributed by atoms with Crippen LogP contribution in [0.4, 0.5) is 0 Å². The Balaban J connectivity index is 2.25. The SMILES string of the molecule is CCCNC(CC(C)OC)c1cnnn1-c1ccccc1. The summed E-state index contributed by atoms with van der Waals surface area (Å²) in [6.07, 6.45) is 3.99. The molecule has 0 aliphatic carbocycles. The quantitative estimate of drug-likeness (QED) is 0.811. The van der Waals surface area contributed by atoms with Gasteiger partial charge in [0.05, 0.1) is 29.7 Å². The van der Waals surface area contributed by atoms with E-state index in [9.17, 15) is 0 Å². The molecule has 1 heterocycles. The zero-order chi connectivity index (χ0) is 15.1. The molecule has 0 spiro atoms. The summed E-state index contributed by atoms with van der Waals surface area (Å²) in [5.41, 5.74) is 2.09. The first kappa shape index (κ1) is 15.7. The third kappa shape index (κ3) is 4.12. The van der Waals surface area contributed by atoms with Crippen LogP contribution in [-0.2, 0) is 4.74 Å². The van der Waals surface area contributed by atoms with Gasteiger partial charge in [-0.25, -0.2) is 4.68 Å². The zero-order valence-corrected chi connectivity index (χ0v) is 13.0. The van der Waals surface area contributed by atoms with Crippen molar-refractivity contribution in [3.63, 3.8) is 0 Å². The first-order valence-electron chi connectivity index (χ1n) is 7.48. The van der Waals surface area contributed by atoms with Crippen molar-refractivity contribution in [3.05, 3.63) is 42.2 Å². The van der Waals surface area contributed by atoms with E-state index in [1.165, 1.54) is 0 Å². The van der Waals surface area contributed by atoms with Crippen LogP contribution in [0.1, 0.15) is 38.4 Å². The van der Waals surface area contributed by atoms with Crippen LogP contribution in [0.2, 0.25) is 0 Å². The molecule has 2 unspecified atom stereocenters. The predicted molar refractivity (Wildman–Crippen MR) is 83.5 cm³/mol. The molecule has 0 aliphatic heterocycles. The van der Waals surface area contributed by atoms with E-state index in [1.807, 2.05) is 41.2 Å². The van der Waals surface area contributed by atoms with E-state index in [2.05, 4.69) is 29.5 Å². The minimum Gasteiger partial charge on any atom is -0.382 e. The molecule has 1 N–H and O–H groups in total. The fourth-order valence-corrected chi connectivity index (χ4v) is 2.31. The molecule has 2 atom stereocenters. The second-order valence-electron chi connectivity index (χ2n) is 5.19. The van der Waals surface area contributed by atoms with Crippen LogP contribution >= 0.6 is 0 Å². The van der Waals surface area contributed by atoms with E-state index in [4.69, 9.17) is 4.74 Å². The van der Waals surface area contributed by atoms with Crippen LogP contribution in [0.25, 0.3) is 5.69 Å². The van der Waals surface area contributed by atoms with Crippen molar-refractivity contribution >= 4 is 0 Å². The lowest BCUT2D eigenvalue weighted by molar-refractivity contribution is 0.0996. The van der Waals surface area contributed by atoms with Gasteiger partial charge in [-0.05, 0) is 38.4 Å². The Morgan fingerprint density at radius 1 is 1.29 bits per heavy atom. The number of para-hydroxylation sites is 1. The Hall–Kier alpha value is -1.72. The summed E-state index contributed by atoms with van der Waals surface area (Å²) in [5, 5.41) is 11.9. The van der Waals surface area contributed by atoms with Gasteiger partial charge in [-0.2, -0.15) is 0 Å². The highest BCUT2D eigenvalue weighted by molar-refractivity contribution is 5.32. The molecule has 0 bridgehead atoms. The maximum absolute atomic E-state index is 5.41. The third-order valence-corrected chi connectivity index (χ3v) is 3.54. The second kappa shape index (κ2) is 7.90. The van der Waals surface area contributed by atoms with E-state index >= 15 is 0 Å². The van der Waals surface area contributed by atoms with E-state index in [0.29, 0.717) is 0 Å². The molecule has 0 aliphatic rings. The molecule has 21 heavy (non-hydrogen) atoms. The number of benzene rings is 1. The Kier molecular flexibility index (Phi) is 5.90. The van der Waals surface area contributed by atoms with Crippen molar-refractivity contribution < 1.29 is 4.74 Å². The summed E-state index contributed by atoms with van der Waals surface area (Å²) < 4.78 is 7.31. The van der Waals surface area contributed by atoms with Crippen LogP contribution in [0.5, 0.6) is 0 Å². The summed E-state index contributed by atoms with van der Waals surface area (Å²) in [4.78, 5) is 0. The largest absolute Gasteiger partial charge is 0.382 e. The lowest BCUT2D eigenvalue weighted by atomic mass is 10.1. The fraction of sp³-hybridized carbons (Fsp3) is 0.500. The van der Waals surface area contributed by atoms with Crippen molar-refractivity contribution in [2.75, 3.05) is 13.7 Å². The number of rotatable bonds is 8. The Morgan fingerprint density at radius 3 is 2.71 bits per heavy atom. The van der Waals surface area contributed by atoms with Gasteiger partial charge in [0.15, 0.2) is 0 Å². The van der Waals surface area contributed by atoms with Gasteiger partial charge in [-0.15, -0.1) is 5.10 Å². The molecular weight excluding hydrogens is 264 g/mol. The number of nitrogens with one attached hydrogen (secondary N) is 1. The maximum Gasteiger partial charge on any atom is 0.0816 e. The topological polar surface area (TPSA) is 52.0 Å². The highest BCUT2D eigenvalue weighted by Crippen LogP contribution is 2.21. The van der Waals surface area contributed by atoms with Crippen LogP contribution in [0.15, 0.2) is 36.5 Å². The molecule has 1 aromatic heterocycles. The Bertz CT molecular complexity index is 526. The Labute approximate surface area is 126 Å². The van der Waals surface area contributed by atoms with Crippen LogP contribution in [-0.4, -0.2) is 34.8 Å². The van der Waals surface area contributed by atoms with E-state index < -0.39 is 0 Å². The molecule has 2 rings (SSSR count). The van der Waals surface area contributed by atoms with Crippen LogP contribution in [0, 0.1) is 0 Å². The number of methoxy groups -OCH3 is 1. The molecule has 114 valence electrons. The summed E-state index contributed by atoms with van der Waals surface area (Å²) >= 11 is 0. The van der Waals surface area contributed by atoms with Gasteiger partial charge < -0.3 is 10.1 Å². The molecule has 5 heteroatoms. The maximum atomic E-state index is 5.41. The third-order valence-electron chi connectivity index (χ3n) is 3.54. The van der Waals surface area contributed by atoms with Crippen LogP contribution < -0.4 is 5.32 Å². The fourth-order valence-electron chi connectivity index (χ4n) is 2.31. The molecule has 0 saturated heterocycles. The minimum atomic E-state index is 0.176. The van der Waals surface area contributed by atoms with E-state index in [1.54, 1.807) is 7.11 Å². The smallest absolute Gasteiger partial charge is 0.0816 e. The number of ether oxygens (including phenoxy) is 1. The van der Waals surface area contributed by atoms with Gasteiger partial charge in [-0.3, -0.25) is 0 Å². The summed E-state index contributed by atoms with van der Waals surface area (Å²) in [6.45, 7) is 5.20. The first-order valence-corrected chi connectivity index (χ1v) is 7.48. The number of aromatic nitrogens is 3. The van der Waals surface area contributed by atoms with E-state index in [-0.39, 0.29) is 12.1 Å². The minimum absolute atomic E-state index is 0.176. The average molecular weight is 288 g/mol. The van der Waals surface area contributed by atoms with Gasteiger partial charge in [0, 0.05) is 7.11 Å². The zero-order valence-electron chi connectivity index (χ0n) is 13.0. The van der Waals surface area contributed by atoms with Crippen molar-refractivity contribution in [1.29, 1.82) is 0 Å². The van der Waals surface area contributed by atoms with E-state index in [0.717, 1.165) is 30.8 Å². The molecule has 0 saturated carbocycles. The summed E-state index contributed by atoms with van der Waals surface area (Å²) in [5.74, 6) is 0. The average Bonchev–Trinajstić information content (AvgIpc) is 3.01. The molecule has 1 aromatic carbocycles. The molecular formula is C16H24N4O. The lowest BCUT2D eigenvalue weighted by Gasteiger charge is -2.22. The predicted octanol–water partition coefficient (Wildman–Crippen LogP) is 2.73. The summed E-state index contributed by atoms with van der Waals surface area (Å²) in [6, 6.07) is 10.3. The molecule has 0 amide bonds. The van der Waals surface area contributed by atoms with Gasteiger partial charge in [-0.1, -0.05) is 30.3 Å². The second-order valence-corrected chi connectivity index (χ2v) is 5.19. The highest BCUT2D eigenvalue weighted by atomic mass is 16.5. The van der Waals surface area contributed by atoms with Crippen molar-refractivity contribution in [2.45, 2.75) is 38.8 Å². The molecule has 0 fully saturated rings. The van der Waals surface area contributed by atoms with Crippen molar-refractivity contribution in [3.8, 4) is 5.69 Å². The highest BCUT2D eigenvalue weighted by Gasteiger charge is 2.20. The first-order chi connectivity index (χ1) is 10.3. The summed E-state index contributed by atoms with van der Waals surface area (Å²) in [7, 11) is 1.74. The number of hydrogen-bond donors (Lipinski definition) is 1. The standard InChI is InChI=1S/C16H24N4O/c1-4-10-17-15(11-13(2)21-3)16-12-18-19-20(16)14-8-6-5-7-9-14/h5-9,12-13,15,17H,4,10-11H2,1-3H3. The number of nitrogens with zero attached hydrogens (tertiary/aromatic N) is 3. The Morgan fingerprint density at radius 2 is 2.05 bits per heavy atom. The van der Waals surface area contributed by atoms with Crippen LogP contribution in [0.3, 0.4) is 0 Å². The van der Waals surface area contributed by atoms with Gasteiger partial charge >= 0.3 is 0 Å². The monoisotopic (exact) mass is 288 g/mol. The molecule has 0 radical (unpaired) electrons. The van der Waals surface area contributed by atoms with Gasteiger partial charge in [0.25, 0.3) is 0 Å². The van der Waals surface area contributed by atoms with Crippen molar-refractivity contribution in [2.24, 2.45) is 0 Å². The van der Waals surface area contributed by atoms with Crippen molar-refractivity contribution in [1.82, 2.24) is 20.3 Å². The van der Waals surface area contributed by atoms with Gasteiger partial charge in [0.1, 0.15) is 0 Å².